The third-order valence-corrected chi connectivity index (χ3v) is 5.56. The van der Waals surface area contributed by atoms with Gasteiger partial charge in [-0.05, 0) is 44.2 Å². The van der Waals surface area contributed by atoms with Crippen LogP contribution < -0.4 is 14.2 Å². The second-order valence-electron chi connectivity index (χ2n) is 7.89. The molecule has 0 amide bonds. The van der Waals surface area contributed by atoms with Crippen molar-refractivity contribution in [1.82, 2.24) is 19.5 Å². The summed E-state index contributed by atoms with van der Waals surface area (Å²) < 4.78 is 34.6. The molecule has 0 spiro atoms. The van der Waals surface area contributed by atoms with Crippen LogP contribution in [-0.4, -0.2) is 33.2 Å². The smallest absolute Gasteiger partial charge is 0.175 e. The van der Waals surface area contributed by atoms with Crippen LogP contribution in [0.5, 0.6) is 23.0 Å². The minimum absolute atomic E-state index is 0.0884. The van der Waals surface area contributed by atoms with Gasteiger partial charge in [-0.2, -0.15) is 0 Å². The molecule has 0 aliphatic rings. The van der Waals surface area contributed by atoms with Crippen LogP contribution in [0.15, 0.2) is 61.3 Å². The Morgan fingerprint density at radius 3 is 2.70 bits per heavy atom. The molecule has 5 rings (SSSR count). The molecule has 0 saturated carbocycles. The Labute approximate surface area is 189 Å². The normalized spacial score (nSPS) is 12.2. The number of pyridine rings is 1. The van der Waals surface area contributed by atoms with Gasteiger partial charge in [-0.1, -0.05) is 0 Å². The van der Waals surface area contributed by atoms with Gasteiger partial charge in [0.15, 0.2) is 23.1 Å². The summed E-state index contributed by atoms with van der Waals surface area (Å²) in [6, 6.07) is 10.6. The fraction of sp³-hybridized carbons (Fsp3) is 0.200. The Morgan fingerprint density at radius 2 is 1.91 bits per heavy atom. The lowest BCUT2D eigenvalue weighted by molar-refractivity contribution is 0.248. The maximum Gasteiger partial charge on any atom is 0.175 e. The Kier molecular flexibility index (Phi) is 5.34. The van der Waals surface area contributed by atoms with Crippen molar-refractivity contribution in [3.8, 4) is 23.0 Å². The number of fused-ring (bicyclic) bond motifs is 2. The number of halogens is 1. The highest BCUT2D eigenvalue weighted by Crippen LogP contribution is 2.38. The Balaban J connectivity index is 1.46. The summed E-state index contributed by atoms with van der Waals surface area (Å²) >= 11 is 0. The first-order chi connectivity index (χ1) is 16.0. The molecule has 5 aromatic rings. The van der Waals surface area contributed by atoms with Gasteiger partial charge in [0.05, 0.1) is 25.0 Å². The van der Waals surface area contributed by atoms with E-state index in [0.29, 0.717) is 40.1 Å². The molecule has 2 aromatic carbocycles. The quantitative estimate of drug-likeness (QED) is 0.342. The van der Waals surface area contributed by atoms with E-state index in [-0.39, 0.29) is 11.8 Å². The highest BCUT2D eigenvalue weighted by Gasteiger charge is 2.16. The van der Waals surface area contributed by atoms with Gasteiger partial charge in [-0.3, -0.25) is 4.98 Å². The first-order valence-electron chi connectivity index (χ1n) is 10.6. The lowest BCUT2D eigenvalue weighted by Crippen LogP contribution is -2.13. The lowest BCUT2D eigenvalue weighted by atomic mass is 10.1. The van der Waals surface area contributed by atoms with Crippen molar-refractivity contribution in [3.63, 3.8) is 0 Å². The van der Waals surface area contributed by atoms with Crippen LogP contribution in [-0.2, 0) is 0 Å². The van der Waals surface area contributed by atoms with Crippen LogP contribution in [0.25, 0.3) is 21.8 Å². The van der Waals surface area contributed by atoms with E-state index in [4.69, 9.17) is 14.2 Å². The second kappa shape index (κ2) is 8.46. The van der Waals surface area contributed by atoms with Gasteiger partial charge in [0, 0.05) is 46.6 Å². The Bertz CT molecular complexity index is 1430. The number of methoxy groups -OCH3 is 1. The van der Waals surface area contributed by atoms with Crippen molar-refractivity contribution in [2.24, 2.45) is 0 Å². The molecule has 1 N–H and O–H groups in total. The number of benzene rings is 2. The molecule has 1 atom stereocenters. The molecule has 0 aliphatic heterocycles. The van der Waals surface area contributed by atoms with Gasteiger partial charge in [0.1, 0.15) is 12.4 Å². The van der Waals surface area contributed by atoms with Gasteiger partial charge in [0.25, 0.3) is 0 Å². The van der Waals surface area contributed by atoms with Gasteiger partial charge < -0.3 is 23.8 Å². The highest BCUT2D eigenvalue weighted by molar-refractivity contribution is 5.89. The van der Waals surface area contributed by atoms with Crippen LogP contribution in [0.4, 0.5) is 4.39 Å². The molecule has 1 unspecified atom stereocenters. The van der Waals surface area contributed by atoms with Gasteiger partial charge in [0.2, 0.25) is 0 Å². The first kappa shape index (κ1) is 20.8. The van der Waals surface area contributed by atoms with Gasteiger partial charge in [-0.15, -0.1) is 0 Å². The largest absolute Gasteiger partial charge is 0.493 e. The Hall–Kier alpha value is -4.07. The summed E-state index contributed by atoms with van der Waals surface area (Å²) in [5.41, 5.74) is 2.26. The fourth-order valence-corrected chi connectivity index (χ4v) is 3.80. The van der Waals surface area contributed by atoms with E-state index in [1.165, 1.54) is 0 Å². The number of H-pyrrole nitrogens is 1. The van der Waals surface area contributed by atoms with Crippen LogP contribution in [0.3, 0.4) is 0 Å². The maximum atomic E-state index is 15.1. The van der Waals surface area contributed by atoms with Crippen molar-refractivity contribution in [1.29, 1.82) is 0 Å². The van der Waals surface area contributed by atoms with Crippen LogP contribution in [0, 0.1) is 12.7 Å². The molecule has 33 heavy (non-hydrogen) atoms. The van der Waals surface area contributed by atoms with E-state index in [9.17, 15) is 0 Å². The van der Waals surface area contributed by atoms with Crippen LogP contribution in [0.1, 0.15) is 18.7 Å². The van der Waals surface area contributed by atoms with Crippen LogP contribution >= 0.6 is 0 Å². The zero-order valence-electron chi connectivity index (χ0n) is 18.5. The predicted molar refractivity (Wildman–Crippen MR) is 124 cm³/mol. The summed E-state index contributed by atoms with van der Waals surface area (Å²) in [6.45, 7) is 4.35. The van der Waals surface area contributed by atoms with Crippen molar-refractivity contribution in [2.45, 2.75) is 19.9 Å². The molecular weight excluding hydrogens is 423 g/mol. The summed E-state index contributed by atoms with van der Waals surface area (Å²) in [4.78, 5) is 11.6. The highest BCUT2D eigenvalue weighted by atomic mass is 19.1. The number of aryl methyl sites for hydroxylation is 1. The zero-order valence-corrected chi connectivity index (χ0v) is 18.5. The molecule has 0 saturated heterocycles. The molecule has 0 radical (unpaired) electrons. The zero-order chi connectivity index (χ0) is 22.9. The summed E-state index contributed by atoms with van der Waals surface area (Å²) in [7, 11) is 1.58. The second-order valence-corrected chi connectivity index (χ2v) is 7.89. The lowest BCUT2D eigenvalue weighted by Gasteiger charge is -2.17. The van der Waals surface area contributed by atoms with E-state index in [2.05, 4.69) is 15.0 Å². The molecule has 0 bridgehead atoms. The van der Waals surface area contributed by atoms with Crippen LogP contribution in [0.2, 0.25) is 0 Å². The minimum Gasteiger partial charge on any atom is -0.493 e. The monoisotopic (exact) mass is 446 g/mol. The number of imidazole rings is 1. The molecule has 8 heteroatoms. The topological polar surface area (TPSA) is 74.2 Å². The summed E-state index contributed by atoms with van der Waals surface area (Å²) in [5, 5.41) is 1.18. The molecular formula is C25H23FN4O3. The van der Waals surface area contributed by atoms with E-state index < -0.39 is 5.82 Å². The Morgan fingerprint density at radius 1 is 1.03 bits per heavy atom. The standard InChI is InChI=1S/C25H23FN4O3/c1-15-10-18-19(29-15)4-5-22(25(18)26)33-21-6-7-28-20-12-24(23(31-3)11-17(20)21)32-13-16(2)30-9-8-27-14-30/h4-12,14,16,29H,13H2,1-3H3. The molecule has 0 aliphatic carbocycles. The third kappa shape index (κ3) is 3.95. The SMILES string of the molecule is COc1cc2c(Oc3ccc4[nH]c(C)cc4c3F)ccnc2cc1OCC(C)n1ccnc1. The molecule has 3 aromatic heterocycles. The molecule has 168 valence electrons. The first-order valence-corrected chi connectivity index (χ1v) is 10.6. The average molecular weight is 446 g/mol. The van der Waals surface area contributed by atoms with Crippen molar-refractivity contribution in [3.05, 3.63) is 72.8 Å². The number of rotatable bonds is 7. The van der Waals surface area contributed by atoms with Gasteiger partial charge >= 0.3 is 0 Å². The van der Waals surface area contributed by atoms with E-state index in [1.54, 1.807) is 62.2 Å². The number of nitrogens with zero attached hydrogens (tertiary/aromatic N) is 3. The van der Waals surface area contributed by atoms with E-state index in [0.717, 1.165) is 11.2 Å². The summed E-state index contributed by atoms with van der Waals surface area (Å²) in [6.07, 6.45) is 7.00. The predicted octanol–water partition coefficient (Wildman–Crippen LogP) is 5.80. The van der Waals surface area contributed by atoms with Crippen molar-refractivity contribution >= 4 is 21.8 Å². The number of aromatic amines is 1. The third-order valence-electron chi connectivity index (χ3n) is 5.56. The van der Waals surface area contributed by atoms with E-state index in [1.807, 2.05) is 24.6 Å². The van der Waals surface area contributed by atoms with E-state index >= 15 is 4.39 Å². The summed E-state index contributed by atoms with van der Waals surface area (Å²) in [5.74, 6) is 1.30. The number of hydrogen-bond acceptors (Lipinski definition) is 5. The van der Waals surface area contributed by atoms with Crippen molar-refractivity contribution in [2.75, 3.05) is 13.7 Å². The maximum absolute atomic E-state index is 15.1. The average Bonchev–Trinajstić information content (AvgIpc) is 3.49. The molecule has 3 heterocycles. The number of ether oxygens (including phenoxy) is 3. The molecule has 7 nitrogen and oxygen atoms in total. The number of nitrogens with one attached hydrogen (secondary N) is 1. The minimum atomic E-state index is -0.415. The van der Waals surface area contributed by atoms with Gasteiger partial charge in [-0.25, -0.2) is 9.37 Å². The number of aromatic nitrogens is 4. The fourth-order valence-electron chi connectivity index (χ4n) is 3.80. The van der Waals surface area contributed by atoms with Crippen molar-refractivity contribution < 1.29 is 18.6 Å². The molecule has 0 fully saturated rings. The number of hydrogen-bond donors (Lipinski definition) is 1.